The third-order valence-corrected chi connectivity index (χ3v) is 5.21. The third kappa shape index (κ3) is 1.60. The van der Waals surface area contributed by atoms with E-state index in [1.807, 2.05) is 36.6 Å². The quantitative estimate of drug-likeness (QED) is 0.682. The Kier molecular flexibility index (Phi) is 2.45. The highest BCUT2D eigenvalue weighted by Gasteiger charge is 2.18. The maximum atomic E-state index is 8.99. The van der Waals surface area contributed by atoms with Crippen molar-refractivity contribution in [1.82, 2.24) is 9.55 Å². The Morgan fingerprint density at radius 1 is 1.30 bits per heavy atom. The smallest absolute Gasteiger partial charge is 0.150 e. The number of thiophene rings is 1. The van der Waals surface area contributed by atoms with E-state index in [0.717, 1.165) is 16.9 Å². The Labute approximate surface area is 121 Å². The zero-order chi connectivity index (χ0) is 13.7. The first kappa shape index (κ1) is 11.7. The van der Waals surface area contributed by atoms with E-state index in [9.17, 15) is 0 Å². The number of fused-ring (bicyclic) bond motifs is 2. The van der Waals surface area contributed by atoms with Crippen LogP contribution in [-0.2, 0) is 19.9 Å². The second kappa shape index (κ2) is 4.19. The van der Waals surface area contributed by atoms with E-state index in [1.165, 1.54) is 34.6 Å². The molecule has 0 radical (unpaired) electrons. The van der Waals surface area contributed by atoms with Crippen LogP contribution < -0.4 is 0 Å². The van der Waals surface area contributed by atoms with Gasteiger partial charge in [0, 0.05) is 11.9 Å². The van der Waals surface area contributed by atoms with Crippen LogP contribution in [0.4, 0.5) is 0 Å². The molecule has 0 aliphatic heterocycles. The number of nitrogens with zero attached hydrogens (tertiary/aromatic N) is 3. The number of hydrogen-bond donors (Lipinski definition) is 0. The second-order valence-electron chi connectivity index (χ2n) is 5.22. The molecular weight excluding hydrogens is 266 g/mol. The maximum Gasteiger partial charge on any atom is 0.150 e. The lowest BCUT2D eigenvalue weighted by Crippen LogP contribution is -1.90. The van der Waals surface area contributed by atoms with Gasteiger partial charge in [0.05, 0.1) is 27.5 Å². The summed E-state index contributed by atoms with van der Waals surface area (Å²) < 4.78 is 2.12. The van der Waals surface area contributed by atoms with Crippen LogP contribution in [0.3, 0.4) is 0 Å². The van der Waals surface area contributed by atoms with Crippen LogP contribution in [0.15, 0.2) is 24.3 Å². The number of nitriles is 1. The van der Waals surface area contributed by atoms with Gasteiger partial charge in [-0.25, -0.2) is 4.98 Å². The third-order valence-electron chi connectivity index (χ3n) is 3.98. The van der Waals surface area contributed by atoms with Gasteiger partial charge in [0.25, 0.3) is 0 Å². The summed E-state index contributed by atoms with van der Waals surface area (Å²) in [6.45, 7) is 0. The molecule has 4 heteroatoms. The number of rotatable bonds is 1. The van der Waals surface area contributed by atoms with Gasteiger partial charge >= 0.3 is 0 Å². The van der Waals surface area contributed by atoms with Gasteiger partial charge in [-0.1, -0.05) is 0 Å². The van der Waals surface area contributed by atoms with Crippen molar-refractivity contribution in [2.24, 2.45) is 7.05 Å². The van der Waals surface area contributed by atoms with Crippen molar-refractivity contribution in [2.45, 2.75) is 19.3 Å². The van der Waals surface area contributed by atoms with Crippen LogP contribution in [0.25, 0.3) is 21.7 Å². The van der Waals surface area contributed by atoms with E-state index in [-0.39, 0.29) is 0 Å². The number of aryl methyl sites for hydroxylation is 3. The van der Waals surface area contributed by atoms with Crippen molar-refractivity contribution >= 4 is 22.4 Å². The maximum absolute atomic E-state index is 8.99. The molecule has 0 saturated carbocycles. The first-order chi connectivity index (χ1) is 9.76. The van der Waals surface area contributed by atoms with Crippen LogP contribution in [0.1, 0.15) is 22.4 Å². The normalized spacial score (nSPS) is 13.6. The zero-order valence-corrected chi connectivity index (χ0v) is 12.0. The molecule has 0 N–H and O–H groups in total. The Morgan fingerprint density at radius 2 is 2.20 bits per heavy atom. The summed E-state index contributed by atoms with van der Waals surface area (Å²) >= 11 is 1.87. The summed E-state index contributed by atoms with van der Waals surface area (Å²) in [5.74, 6) is 1.01. The van der Waals surface area contributed by atoms with E-state index in [4.69, 9.17) is 10.2 Å². The topological polar surface area (TPSA) is 41.6 Å². The van der Waals surface area contributed by atoms with Gasteiger partial charge < -0.3 is 4.57 Å². The standard InChI is InChI=1S/C16H13N3S/c1-19-13-6-5-10(9-17)7-12(13)18-16(19)15-8-11-3-2-4-14(11)20-15/h5-8H,2-4H2,1H3. The fourth-order valence-corrected chi connectivity index (χ4v) is 4.21. The predicted molar refractivity (Wildman–Crippen MR) is 80.8 cm³/mol. The van der Waals surface area contributed by atoms with E-state index >= 15 is 0 Å². The summed E-state index contributed by atoms with van der Waals surface area (Å²) in [6, 6.07) is 10.2. The average Bonchev–Trinajstić information content (AvgIpc) is 3.11. The van der Waals surface area contributed by atoms with Crippen LogP contribution in [0.5, 0.6) is 0 Å². The van der Waals surface area contributed by atoms with Crippen LogP contribution in [-0.4, -0.2) is 9.55 Å². The van der Waals surface area contributed by atoms with Crippen molar-refractivity contribution in [2.75, 3.05) is 0 Å². The molecule has 0 fully saturated rings. The first-order valence-electron chi connectivity index (χ1n) is 6.75. The van der Waals surface area contributed by atoms with Crippen LogP contribution >= 0.6 is 11.3 Å². The van der Waals surface area contributed by atoms with Crippen molar-refractivity contribution in [3.63, 3.8) is 0 Å². The van der Waals surface area contributed by atoms with Gasteiger partial charge in [0.1, 0.15) is 0 Å². The molecule has 3 aromatic rings. The number of benzene rings is 1. The van der Waals surface area contributed by atoms with Crippen molar-refractivity contribution in [3.8, 4) is 16.8 Å². The van der Waals surface area contributed by atoms with E-state index < -0.39 is 0 Å². The summed E-state index contributed by atoms with van der Waals surface area (Å²) in [6.07, 6.45) is 3.70. The first-order valence-corrected chi connectivity index (χ1v) is 7.56. The lowest BCUT2D eigenvalue weighted by Gasteiger charge is -1.99. The van der Waals surface area contributed by atoms with Crippen molar-refractivity contribution < 1.29 is 0 Å². The van der Waals surface area contributed by atoms with Gasteiger partial charge in [-0.15, -0.1) is 11.3 Å². The van der Waals surface area contributed by atoms with Crippen molar-refractivity contribution in [3.05, 3.63) is 40.3 Å². The molecule has 0 spiro atoms. The fourth-order valence-electron chi connectivity index (χ4n) is 2.93. The van der Waals surface area contributed by atoms with Crippen molar-refractivity contribution in [1.29, 1.82) is 5.26 Å². The SMILES string of the molecule is Cn1c(-c2cc3c(s2)CCC3)nc2cc(C#N)ccc21. The summed E-state index contributed by atoms with van der Waals surface area (Å²) in [5, 5.41) is 8.99. The molecule has 0 saturated heterocycles. The molecule has 4 rings (SSSR count). The number of hydrogen-bond acceptors (Lipinski definition) is 3. The average molecular weight is 279 g/mol. The monoisotopic (exact) mass is 279 g/mol. The predicted octanol–water partition coefficient (Wildman–Crippen LogP) is 3.66. The highest BCUT2D eigenvalue weighted by atomic mass is 32.1. The Bertz CT molecular complexity index is 842. The highest BCUT2D eigenvalue weighted by molar-refractivity contribution is 7.15. The van der Waals surface area contributed by atoms with E-state index in [0.29, 0.717) is 5.56 Å². The molecule has 98 valence electrons. The van der Waals surface area contributed by atoms with E-state index in [1.54, 1.807) is 0 Å². The molecule has 3 nitrogen and oxygen atoms in total. The van der Waals surface area contributed by atoms with Gasteiger partial charge in [0.15, 0.2) is 5.82 Å². The van der Waals surface area contributed by atoms with Gasteiger partial charge in [-0.05, 0) is 49.1 Å². The molecular formula is C16H13N3S. The molecule has 0 atom stereocenters. The van der Waals surface area contributed by atoms with Gasteiger partial charge in [-0.2, -0.15) is 5.26 Å². The molecule has 1 aliphatic rings. The van der Waals surface area contributed by atoms with Gasteiger partial charge in [-0.3, -0.25) is 0 Å². The minimum absolute atomic E-state index is 0.663. The largest absolute Gasteiger partial charge is 0.326 e. The Hall–Kier alpha value is -2.12. The summed E-state index contributed by atoms with van der Waals surface area (Å²) in [4.78, 5) is 7.49. The zero-order valence-electron chi connectivity index (χ0n) is 11.2. The van der Waals surface area contributed by atoms with Crippen LogP contribution in [0.2, 0.25) is 0 Å². The number of aromatic nitrogens is 2. The number of imidazole rings is 1. The van der Waals surface area contributed by atoms with Gasteiger partial charge in [0.2, 0.25) is 0 Å². The minimum atomic E-state index is 0.663. The molecule has 0 unspecified atom stereocenters. The van der Waals surface area contributed by atoms with Crippen LogP contribution in [0, 0.1) is 11.3 Å². The second-order valence-corrected chi connectivity index (χ2v) is 6.36. The molecule has 20 heavy (non-hydrogen) atoms. The Balaban J connectivity index is 1.91. The lowest BCUT2D eigenvalue weighted by molar-refractivity contribution is 0.914. The molecule has 0 amide bonds. The minimum Gasteiger partial charge on any atom is -0.326 e. The highest BCUT2D eigenvalue weighted by Crippen LogP contribution is 2.36. The summed E-state index contributed by atoms with van der Waals surface area (Å²) in [5.41, 5.74) is 4.13. The molecule has 2 aromatic heterocycles. The summed E-state index contributed by atoms with van der Waals surface area (Å²) in [7, 11) is 2.04. The fraction of sp³-hybridized carbons (Fsp3) is 0.250. The lowest BCUT2D eigenvalue weighted by atomic mass is 10.2. The molecule has 0 bridgehead atoms. The molecule has 1 aliphatic carbocycles. The Morgan fingerprint density at radius 3 is 3.00 bits per heavy atom. The molecule has 2 heterocycles. The van der Waals surface area contributed by atoms with E-state index in [2.05, 4.69) is 16.7 Å². The molecule has 1 aromatic carbocycles.